The molecule has 2 aromatic heterocycles. The molecule has 2 heterocycles. The summed E-state index contributed by atoms with van der Waals surface area (Å²) in [7, 11) is 3.86. The predicted molar refractivity (Wildman–Crippen MR) is 232 cm³/mol. The number of anilines is 2. The number of aromatic amines is 1. The number of amides is 1. The van der Waals surface area contributed by atoms with E-state index in [1.165, 1.54) is 61.3 Å². The van der Waals surface area contributed by atoms with Crippen LogP contribution in [0.15, 0.2) is 83.7 Å². The van der Waals surface area contributed by atoms with Crippen molar-refractivity contribution < 1.29 is 29.3 Å². The first kappa shape index (κ1) is 44.6. The fourth-order valence-electron chi connectivity index (χ4n) is 6.90. The van der Waals surface area contributed by atoms with Crippen LogP contribution >= 0.6 is 11.6 Å². The Morgan fingerprint density at radius 3 is 2.20 bits per heavy atom. The van der Waals surface area contributed by atoms with Crippen LogP contribution in [0, 0.1) is 0 Å². The van der Waals surface area contributed by atoms with Gasteiger partial charge in [0.2, 0.25) is 0 Å². The maximum absolute atomic E-state index is 14.5. The van der Waals surface area contributed by atoms with E-state index in [1.54, 1.807) is 13.0 Å². The molecule has 3 aromatic carbocycles. The average molecular weight is 829 g/mol. The number of aliphatic hydroxyl groups is 1. The van der Waals surface area contributed by atoms with Crippen molar-refractivity contribution in [2.75, 3.05) is 37.5 Å². The van der Waals surface area contributed by atoms with Crippen LogP contribution < -0.4 is 20.6 Å². The van der Waals surface area contributed by atoms with E-state index in [2.05, 4.69) is 22.4 Å². The first-order chi connectivity index (χ1) is 28.5. The number of aliphatic hydroxyl groups excluding tert-OH is 1. The standard InChI is InChI=1S/C45H57ClN6O7/c1-5-7-8-9-10-11-12-13-14-18-27-59-44(56)33-23-26-35(46)37(28-33)47-41(54)39(40(53)38-29-36(48-49-38)32-21-24-34(25-22-32)50(3)4)52-42(55)43(58-6-2)51(45(52)57)30-31-19-16-15-17-20-31/h15-17,19-26,28-29,39-40,53,55H,5-14,18,27,30H2,1-4H3,(H,47,54)(H,48,49). The number of nitrogens with zero attached hydrogens (tertiary/aromatic N) is 4. The minimum atomic E-state index is -1.79. The quantitative estimate of drug-likeness (QED) is 0.0372. The Labute approximate surface area is 350 Å². The minimum Gasteiger partial charge on any atom is -0.491 e. The number of benzene rings is 3. The van der Waals surface area contributed by atoms with Gasteiger partial charge in [0.15, 0.2) is 6.04 Å². The number of rotatable bonds is 23. The summed E-state index contributed by atoms with van der Waals surface area (Å²) in [5, 5.41) is 33.6. The van der Waals surface area contributed by atoms with Crippen LogP contribution in [0.2, 0.25) is 5.02 Å². The smallest absolute Gasteiger partial charge is 0.338 e. The number of halogens is 1. The van der Waals surface area contributed by atoms with E-state index in [0.29, 0.717) is 5.69 Å². The first-order valence-corrected chi connectivity index (χ1v) is 20.9. The molecule has 13 nitrogen and oxygen atoms in total. The van der Waals surface area contributed by atoms with Gasteiger partial charge >= 0.3 is 11.7 Å². The summed E-state index contributed by atoms with van der Waals surface area (Å²) in [5.41, 5.74) is 2.39. The number of aromatic nitrogens is 4. The van der Waals surface area contributed by atoms with E-state index in [-0.39, 0.29) is 47.6 Å². The highest BCUT2D eigenvalue weighted by Crippen LogP contribution is 2.36. The molecule has 0 aliphatic carbocycles. The molecule has 5 aromatic rings. The minimum absolute atomic E-state index is 0.00621. The number of carbonyl (C=O) groups is 2. The summed E-state index contributed by atoms with van der Waals surface area (Å²) < 4.78 is 13.3. The number of unbranched alkanes of at least 4 members (excludes halogenated alkanes) is 9. The molecule has 5 rings (SSSR count). The van der Waals surface area contributed by atoms with Gasteiger partial charge in [-0.15, -0.1) is 0 Å². The van der Waals surface area contributed by atoms with Gasteiger partial charge in [-0.3, -0.25) is 14.5 Å². The molecule has 0 spiro atoms. The lowest BCUT2D eigenvalue weighted by Crippen LogP contribution is -2.38. The highest BCUT2D eigenvalue weighted by molar-refractivity contribution is 6.34. The third-order valence-corrected chi connectivity index (χ3v) is 10.5. The van der Waals surface area contributed by atoms with E-state index in [0.717, 1.165) is 47.1 Å². The second-order valence-corrected chi connectivity index (χ2v) is 15.2. The monoisotopic (exact) mass is 828 g/mol. The van der Waals surface area contributed by atoms with Crippen molar-refractivity contribution in [1.29, 1.82) is 0 Å². The molecule has 4 N–H and O–H groups in total. The van der Waals surface area contributed by atoms with Gasteiger partial charge in [0.1, 0.15) is 6.10 Å². The topological polar surface area (TPSA) is 164 Å². The van der Waals surface area contributed by atoms with Crippen molar-refractivity contribution in [3.8, 4) is 23.0 Å². The molecule has 14 heteroatoms. The lowest BCUT2D eigenvalue weighted by atomic mass is 10.0. The first-order valence-electron chi connectivity index (χ1n) is 20.5. The van der Waals surface area contributed by atoms with Crippen LogP contribution in [-0.2, 0) is 16.1 Å². The molecule has 0 radical (unpaired) electrons. The van der Waals surface area contributed by atoms with Crippen molar-refractivity contribution in [1.82, 2.24) is 19.3 Å². The third kappa shape index (κ3) is 11.8. The Balaban J connectivity index is 1.39. The Kier molecular flexibility index (Phi) is 16.6. The van der Waals surface area contributed by atoms with Crippen LogP contribution in [0.1, 0.15) is 112 Å². The van der Waals surface area contributed by atoms with Gasteiger partial charge in [0.05, 0.1) is 47.4 Å². The zero-order chi connectivity index (χ0) is 42.3. The molecule has 2 unspecified atom stereocenters. The van der Waals surface area contributed by atoms with Crippen LogP contribution in [0.25, 0.3) is 11.3 Å². The zero-order valence-electron chi connectivity index (χ0n) is 34.5. The lowest BCUT2D eigenvalue weighted by molar-refractivity contribution is -0.123. The van der Waals surface area contributed by atoms with E-state index < -0.39 is 35.6 Å². The molecule has 0 saturated carbocycles. The van der Waals surface area contributed by atoms with Gasteiger partial charge < -0.3 is 29.9 Å². The molecule has 2 atom stereocenters. The number of aromatic hydroxyl groups is 1. The van der Waals surface area contributed by atoms with Gasteiger partial charge in [-0.2, -0.15) is 5.10 Å². The summed E-state index contributed by atoms with van der Waals surface area (Å²) in [6.07, 6.45) is 9.78. The zero-order valence-corrected chi connectivity index (χ0v) is 35.2. The van der Waals surface area contributed by atoms with Crippen LogP contribution in [0.4, 0.5) is 11.4 Å². The van der Waals surface area contributed by atoms with Gasteiger partial charge in [0.25, 0.3) is 17.7 Å². The lowest BCUT2D eigenvalue weighted by Gasteiger charge is -2.23. The maximum atomic E-state index is 14.5. The Hall–Kier alpha value is -5.53. The Bertz CT molecular complexity index is 2160. The number of esters is 1. The fraction of sp³-hybridized carbons (Fsp3) is 0.422. The summed E-state index contributed by atoms with van der Waals surface area (Å²) in [4.78, 5) is 43.8. The third-order valence-electron chi connectivity index (χ3n) is 10.2. The van der Waals surface area contributed by atoms with Gasteiger partial charge in [0, 0.05) is 25.3 Å². The van der Waals surface area contributed by atoms with E-state index >= 15 is 0 Å². The number of hydrogen-bond donors (Lipinski definition) is 4. The molecule has 1 amide bonds. The van der Waals surface area contributed by atoms with Gasteiger partial charge in [-0.05, 0) is 55.3 Å². The van der Waals surface area contributed by atoms with Crippen LogP contribution in [0.5, 0.6) is 11.8 Å². The summed E-state index contributed by atoms with van der Waals surface area (Å²) in [5.74, 6) is -2.34. The SMILES string of the molecule is CCCCCCCCCCCCOC(=O)c1ccc(Cl)c(NC(=O)C(C(O)c2cc(-c3ccc(N(C)C)cc3)n[nH]2)n2c(O)c(OCC)n(Cc3ccccc3)c2=O)c1. The molecular weight excluding hydrogens is 772 g/mol. The van der Waals surface area contributed by atoms with Crippen molar-refractivity contribution in [2.45, 2.75) is 96.7 Å². The van der Waals surface area contributed by atoms with Gasteiger partial charge in [-0.25, -0.2) is 14.2 Å². The van der Waals surface area contributed by atoms with Gasteiger partial charge in [-0.1, -0.05) is 119 Å². The number of carbonyl (C=O) groups excluding carboxylic acids is 2. The van der Waals surface area contributed by atoms with E-state index in [1.807, 2.05) is 73.6 Å². The predicted octanol–water partition coefficient (Wildman–Crippen LogP) is 8.90. The number of hydrogen-bond acceptors (Lipinski definition) is 9. The Morgan fingerprint density at radius 1 is 0.898 bits per heavy atom. The summed E-state index contributed by atoms with van der Waals surface area (Å²) >= 11 is 6.55. The van der Waals surface area contributed by atoms with E-state index in [4.69, 9.17) is 21.1 Å². The molecular formula is C45H57ClN6O7. The highest BCUT2D eigenvalue weighted by atomic mass is 35.5. The fourth-order valence-corrected chi connectivity index (χ4v) is 7.06. The molecule has 0 aliphatic heterocycles. The van der Waals surface area contributed by atoms with Crippen molar-refractivity contribution in [3.63, 3.8) is 0 Å². The second kappa shape index (κ2) is 22.0. The maximum Gasteiger partial charge on any atom is 0.338 e. The van der Waals surface area contributed by atoms with Crippen LogP contribution in [0.3, 0.4) is 0 Å². The molecule has 59 heavy (non-hydrogen) atoms. The summed E-state index contributed by atoms with van der Waals surface area (Å²) in [6.45, 7) is 4.27. The van der Waals surface area contributed by atoms with E-state index in [9.17, 15) is 24.6 Å². The summed E-state index contributed by atoms with van der Waals surface area (Å²) in [6, 6.07) is 20.8. The highest BCUT2D eigenvalue weighted by Gasteiger charge is 2.38. The molecule has 0 aliphatic rings. The average Bonchev–Trinajstić information content (AvgIpc) is 3.81. The van der Waals surface area contributed by atoms with Crippen molar-refractivity contribution in [3.05, 3.63) is 111 Å². The number of imidazole rings is 1. The molecule has 0 fully saturated rings. The van der Waals surface area contributed by atoms with Crippen molar-refractivity contribution >= 4 is 34.9 Å². The normalized spacial score (nSPS) is 12.2. The number of nitrogens with one attached hydrogen (secondary N) is 2. The van der Waals surface area contributed by atoms with Crippen LogP contribution in [-0.4, -0.2) is 68.7 Å². The van der Waals surface area contributed by atoms with Crippen molar-refractivity contribution in [2.24, 2.45) is 0 Å². The number of ether oxygens (including phenoxy) is 2. The second-order valence-electron chi connectivity index (χ2n) is 14.8. The molecule has 316 valence electrons. The largest absolute Gasteiger partial charge is 0.491 e. The number of H-pyrrole nitrogens is 1. The molecule has 0 bridgehead atoms. The Morgan fingerprint density at radius 2 is 1.56 bits per heavy atom. The molecule has 0 saturated heterocycles.